The quantitative estimate of drug-likeness (QED) is 0.455. The molecule has 2 nitrogen and oxygen atoms in total. The van der Waals surface area contributed by atoms with E-state index in [0.717, 1.165) is 26.2 Å². The minimum absolute atomic E-state index is 0.226. The van der Waals surface area contributed by atoms with Gasteiger partial charge < -0.3 is 9.80 Å². The van der Waals surface area contributed by atoms with Crippen molar-refractivity contribution in [1.82, 2.24) is 9.80 Å². The van der Waals surface area contributed by atoms with E-state index in [1.807, 2.05) is 0 Å². The van der Waals surface area contributed by atoms with E-state index in [0.29, 0.717) is 29.6 Å². The Labute approximate surface area is 186 Å². The molecule has 2 atom stereocenters. The van der Waals surface area contributed by atoms with E-state index in [1.165, 1.54) is 6.42 Å². The molecule has 0 unspecified atom stereocenters. The van der Waals surface area contributed by atoms with Gasteiger partial charge in [-0.15, -0.1) is 0 Å². The lowest BCUT2D eigenvalue weighted by Gasteiger charge is -2.45. The molecular weight excluding hydrogens is 364 g/mol. The van der Waals surface area contributed by atoms with Crippen LogP contribution in [0.5, 0.6) is 0 Å². The Kier molecular flexibility index (Phi) is 6.94. The summed E-state index contributed by atoms with van der Waals surface area (Å²) >= 11 is 0. The maximum atomic E-state index is 2.74. The predicted octanol–water partition coefficient (Wildman–Crippen LogP) is 7.24. The van der Waals surface area contributed by atoms with Crippen LogP contribution >= 0.6 is 0 Å². The highest BCUT2D eigenvalue weighted by atomic mass is 15.4. The Morgan fingerprint density at radius 2 is 1.43 bits per heavy atom. The second-order valence-corrected chi connectivity index (χ2v) is 11.3. The summed E-state index contributed by atoms with van der Waals surface area (Å²) in [5.41, 5.74) is 6.60. The monoisotopic (exact) mass is 410 g/mol. The van der Waals surface area contributed by atoms with E-state index in [9.17, 15) is 0 Å². The Bertz CT molecular complexity index is 747. The van der Waals surface area contributed by atoms with E-state index in [4.69, 9.17) is 0 Å². The van der Waals surface area contributed by atoms with Crippen molar-refractivity contribution in [2.24, 2.45) is 35.0 Å². The molecule has 0 radical (unpaired) electrons. The summed E-state index contributed by atoms with van der Waals surface area (Å²) in [7, 11) is 0. The molecule has 3 aliphatic rings. The summed E-state index contributed by atoms with van der Waals surface area (Å²) in [5.74, 6) is 3.10. The Balaban J connectivity index is 2.00. The number of allylic oxidation sites excluding steroid dienone is 8. The van der Waals surface area contributed by atoms with E-state index in [-0.39, 0.29) is 5.41 Å². The van der Waals surface area contributed by atoms with Crippen molar-refractivity contribution in [2.75, 3.05) is 19.8 Å². The van der Waals surface area contributed by atoms with Gasteiger partial charge in [-0.1, -0.05) is 86.6 Å². The van der Waals surface area contributed by atoms with E-state index < -0.39 is 0 Å². The van der Waals surface area contributed by atoms with Gasteiger partial charge in [0, 0.05) is 35.8 Å². The molecule has 30 heavy (non-hydrogen) atoms. The minimum atomic E-state index is 0.226. The lowest BCUT2D eigenvalue weighted by atomic mass is 9.68. The van der Waals surface area contributed by atoms with Crippen molar-refractivity contribution in [2.45, 2.75) is 75.2 Å². The second kappa shape index (κ2) is 8.97. The van der Waals surface area contributed by atoms with Crippen LogP contribution in [-0.4, -0.2) is 29.6 Å². The van der Waals surface area contributed by atoms with Crippen LogP contribution in [0.25, 0.3) is 0 Å². The van der Waals surface area contributed by atoms with Gasteiger partial charge in [-0.2, -0.15) is 0 Å². The Morgan fingerprint density at radius 3 is 2.00 bits per heavy atom. The number of hydrogen-bond acceptors (Lipinski definition) is 2. The SMILES string of the molecule is CC(C)C1=C(N2CCN(C3=C(C(C)C)C=CC[C@@]3(C)C(C)C)C2)[C@@H](C(C)C)CC=C1. The molecule has 0 bridgehead atoms. The molecule has 168 valence electrons. The fraction of sp³-hybridized carbons (Fsp3) is 0.714. The molecule has 0 spiro atoms. The zero-order chi connectivity index (χ0) is 22.2. The Hall–Kier alpha value is -1.44. The number of hydrogen-bond donors (Lipinski definition) is 0. The van der Waals surface area contributed by atoms with Crippen LogP contribution in [0.3, 0.4) is 0 Å². The van der Waals surface area contributed by atoms with Gasteiger partial charge in [0.05, 0.1) is 6.67 Å². The lowest BCUT2D eigenvalue weighted by Crippen LogP contribution is -2.40. The maximum absolute atomic E-state index is 2.74. The van der Waals surface area contributed by atoms with Crippen LogP contribution in [0.4, 0.5) is 0 Å². The third kappa shape index (κ3) is 4.16. The molecule has 2 aliphatic carbocycles. The van der Waals surface area contributed by atoms with Gasteiger partial charge in [0.2, 0.25) is 0 Å². The molecular formula is C28H46N2. The standard InChI is InChI=1S/C28H46N2/c1-19(2)23-12-10-13-24(20(3)4)26(23)29-16-17-30(18-29)27-25(21(5)6)14-11-15-28(27,9)22(7)8/h10-12,14,19-22,24H,13,15-18H2,1-9H3/t24-,28+/m1/s1. The highest BCUT2D eigenvalue weighted by Crippen LogP contribution is 2.48. The summed E-state index contributed by atoms with van der Waals surface area (Å²) in [5, 5.41) is 0. The molecule has 0 N–H and O–H groups in total. The first-order chi connectivity index (χ1) is 14.1. The molecule has 0 aromatic heterocycles. The van der Waals surface area contributed by atoms with E-state index in [2.05, 4.69) is 96.4 Å². The molecule has 1 fully saturated rings. The zero-order valence-corrected chi connectivity index (χ0v) is 21.1. The number of rotatable bonds is 6. The predicted molar refractivity (Wildman–Crippen MR) is 131 cm³/mol. The van der Waals surface area contributed by atoms with Crippen LogP contribution in [0, 0.1) is 35.0 Å². The van der Waals surface area contributed by atoms with Crippen LogP contribution in [0.2, 0.25) is 0 Å². The minimum Gasteiger partial charge on any atom is -0.355 e. The van der Waals surface area contributed by atoms with Gasteiger partial charge in [-0.05, 0) is 47.7 Å². The summed E-state index contributed by atoms with van der Waals surface area (Å²) < 4.78 is 0. The third-order valence-corrected chi connectivity index (χ3v) is 7.95. The van der Waals surface area contributed by atoms with Gasteiger partial charge in [-0.25, -0.2) is 0 Å². The summed E-state index contributed by atoms with van der Waals surface area (Å²) in [6, 6.07) is 0. The van der Waals surface area contributed by atoms with Crippen molar-refractivity contribution >= 4 is 0 Å². The molecule has 0 aromatic rings. The lowest BCUT2D eigenvalue weighted by molar-refractivity contribution is 0.179. The fourth-order valence-corrected chi connectivity index (χ4v) is 5.67. The van der Waals surface area contributed by atoms with Gasteiger partial charge in [0.25, 0.3) is 0 Å². The number of nitrogens with zero attached hydrogens (tertiary/aromatic N) is 2. The average Bonchev–Trinajstić information content (AvgIpc) is 3.15. The first kappa shape index (κ1) is 23.2. The van der Waals surface area contributed by atoms with Crippen LogP contribution < -0.4 is 0 Å². The summed E-state index contributed by atoms with van der Waals surface area (Å²) in [6.45, 7) is 24.9. The van der Waals surface area contributed by atoms with Crippen molar-refractivity contribution < 1.29 is 0 Å². The second-order valence-electron chi connectivity index (χ2n) is 11.3. The zero-order valence-electron chi connectivity index (χ0n) is 21.1. The molecule has 2 heteroatoms. The summed E-state index contributed by atoms with van der Waals surface area (Å²) in [6.07, 6.45) is 12.0. The fourth-order valence-electron chi connectivity index (χ4n) is 5.67. The van der Waals surface area contributed by atoms with Gasteiger partial charge in [-0.3, -0.25) is 0 Å². The van der Waals surface area contributed by atoms with Crippen LogP contribution in [-0.2, 0) is 0 Å². The van der Waals surface area contributed by atoms with Crippen molar-refractivity contribution in [3.63, 3.8) is 0 Å². The average molecular weight is 411 g/mol. The molecule has 0 amide bonds. The van der Waals surface area contributed by atoms with Gasteiger partial charge in [0.15, 0.2) is 0 Å². The smallest absolute Gasteiger partial charge is 0.0899 e. The van der Waals surface area contributed by atoms with Gasteiger partial charge in [0.1, 0.15) is 0 Å². The maximum Gasteiger partial charge on any atom is 0.0899 e. The molecule has 1 aliphatic heterocycles. The first-order valence-corrected chi connectivity index (χ1v) is 12.4. The largest absolute Gasteiger partial charge is 0.355 e. The molecule has 1 heterocycles. The normalized spacial score (nSPS) is 27.8. The molecule has 0 aromatic carbocycles. The topological polar surface area (TPSA) is 6.48 Å². The first-order valence-electron chi connectivity index (χ1n) is 12.4. The van der Waals surface area contributed by atoms with Gasteiger partial charge >= 0.3 is 0 Å². The molecule has 1 saturated heterocycles. The van der Waals surface area contributed by atoms with E-state index in [1.54, 1.807) is 22.5 Å². The van der Waals surface area contributed by atoms with Crippen LogP contribution in [0.1, 0.15) is 75.2 Å². The molecule has 3 rings (SSSR count). The van der Waals surface area contributed by atoms with Crippen molar-refractivity contribution in [3.8, 4) is 0 Å². The molecule has 0 saturated carbocycles. The van der Waals surface area contributed by atoms with Crippen molar-refractivity contribution in [1.29, 1.82) is 0 Å². The third-order valence-electron chi connectivity index (χ3n) is 7.95. The van der Waals surface area contributed by atoms with E-state index >= 15 is 0 Å². The van der Waals surface area contributed by atoms with Crippen molar-refractivity contribution in [3.05, 3.63) is 46.8 Å². The highest BCUT2D eigenvalue weighted by molar-refractivity contribution is 5.37. The summed E-state index contributed by atoms with van der Waals surface area (Å²) in [4.78, 5) is 5.47. The highest BCUT2D eigenvalue weighted by Gasteiger charge is 2.41. The Morgan fingerprint density at radius 1 is 0.833 bits per heavy atom. The van der Waals surface area contributed by atoms with Crippen LogP contribution in [0.15, 0.2) is 46.8 Å².